The minimum Gasteiger partial charge on any atom is -0.481 e. The molecule has 0 aliphatic heterocycles. The van der Waals surface area contributed by atoms with Crippen molar-refractivity contribution >= 4 is 12.3 Å². The number of carbonyl (C=O) groups is 2. The number of carbonyl (C=O) groups excluding carboxylic acids is 1. The van der Waals surface area contributed by atoms with Gasteiger partial charge in [0, 0.05) is 5.41 Å². The molecule has 1 rings (SSSR count). The van der Waals surface area contributed by atoms with Crippen molar-refractivity contribution in [3.8, 4) is 0 Å². The monoisotopic (exact) mass is 156 g/mol. The van der Waals surface area contributed by atoms with Gasteiger partial charge in [0.1, 0.15) is 6.29 Å². The summed E-state index contributed by atoms with van der Waals surface area (Å²) in [6.45, 7) is 3.77. The molecule has 1 aliphatic rings. The average Bonchev–Trinajstić information content (AvgIpc) is 2.62. The van der Waals surface area contributed by atoms with E-state index in [9.17, 15) is 9.59 Å². The minimum atomic E-state index is -0.842. The SMILES string of the molecule is CC(C)[C@]1(C=O)C[C@H]1C(=O)O. The van der Waals surface area contributed by atoms with Crippen LogP contribution < -0.4 is 0 Å². The van der Waals surface area contributed by atoms with E-state index >= 15 is 0 Å². The van der Waals surface area contributed by atoms with Crippen LogP contribution >= 0.6 is 0 Å². The van der Waals surface area contributed by atoms with Gasteiger partial charge in [0.25, 0.3) is 0 Å². The third kappa shape index (κ3) is 1.04. The molecule has 1 fully saturated rings. The Morgan fingerprint density at radius 2 is 2.27 bits per heavy atom. The molecule has 11 heavy (non-hydrogen) atoms. The second kappa shape index (κ2) is 2.32. The zero-order valence-corrected chi connectivity index (χ0v) is 6.70. The van der Waals surface area contributed by atoms with Gasteiger partial charge in [-0.1, -0.05) is 13.8 Å². The van der Waals surface area contributed by atoms with Gasteiger partial charge in [-0.3, -0.25) is 4.79 Å². The predicted octanol–water partition coefficient (Wildman–Crippen LogP) is 0.932. The normalized spacial score (nSPS) is 35.4. The summed E-state index contributed by atoms with van der Waals surface area (Å²) in [7, 11) is 0. The summed E-state index contributed by atoms with van der Waals surface area (Å²) in [6, 6.07) is 0. The average molecular weight is 156 g/mol. The van der Waals surface area contributed by atoms with E-state index in [1.807, 2.05) is 13.8 Å². The Kier molecular flexibility index (Phi) is 1.74. The fourth-order valence-corrected chi connectivity index (χ4v) is 1.52. The first-order chi connectivity index (χ1) is 5.04. The van der Waals surface area contributed by atoms with Crippen LogP contribution in [0.3, 0.4) is 0 Å². The van der Waals surface area contributed by atoms with Gasteiger partial charge in [-0.25, -0.2) is 0 Å². The van der Waals surface area contributed by atoms with Crippen LogP contribution in [0.1, 0.15) is 20.3 Å². The highest BCUT2D eigenvalue weighted by Crippen LogP contribution is 2.56. The maximum atomic E-state index is 10.6. The van der Waals surface area contributed by atoms with E-state index in [1.165, 1.54) is 0 Å². The topological polar surface area (TPSA) is 54.4 Å². The van der Waals surface area contributed by atoms with Crippen molar-refractivity contribution in [2.24, 2.45) is 17.3 Å². The molecule has 2 atom stereocenters. The highest BCUT2D eigenvalue weighted by Gasteiger charge is 2.60. The lowest BCUT2D eigenvalue weighted by atomic mass is 9.91. The summed E-state index contributed by atoms with van der Waals surface area (Å²) >= 11 is 0. The molecule has 0 aromatic rings. The second-order valence-electron chi connectivity index (χ2n) is 3.48. The van der Waals surface area contributed by atoms with E-state index in [1.54, 1.807) is 0 Å². The number of hydrogen-bond donors (Lipinski definition) is 1. The fourth-order valence-electron chi connectivity index (χ4n) is 1.52. The highest BCUT2D eigenvalue weighted by atomic mass is 16.4. The van der Waals surface area contributed by atoms with Gasteiger partial charge < -0.3 is 9.90 Å². The van der Waals surface area contributed by atoms with Crippen LogP contribution in [0.4, 0.5) is 0 Å². The third-order valence-corrected chi connectivity index (χ3v) is 2.64. The van der Waals surface area contributed by atoms with Crippen molar-refractivity contribution in [3.05, 3.63) is 0 Å². The number of rotatable bonds is 3. The first kappa shape index (κ1) is 8.24. The van der Waals surface area contributed by atoms with Crippen LogP contribution in [0.25, 0.3) is 0 Å². The van der Waals surface area contributed by atoms with E-state index in [2.05, 4.69) is 0 Å². The molecular formula is C8H12O3. The van der Waals surface area contributed by atoms with Gasteiger partial charge in [0.15, 0.2) is 0 Å². The van der Waals surface area contributed by atoms with Crippen molar-refractivity contribution in [1.29, 1.82) is 0 Å². The zero-order chi connectivity index (χ0) is 8.65. The summed E-state index contributed by atoms with van der Waals surface area (Å²) in [4.78, 5) is 21.1. The molecule has 1 saturated carbocycles. The summed E-state index contributed by atoms with van der Waals surface area (Å²) in [6.07, 6.45) is 1.32. The maximum Gasteiger partial charge on any atom is 0.307 e. The number of carboxylic acids is 1. The first-order valence-electron chi connectivity index (χ1n) is 3.73. The van der Waals surface area contributed by atoms with Gasteiger partial charge in [0.05, 0.1) is 5.92 Å². The quantitative estimate of drug-likeness (QED) is 0.618. The van der Waals surface area contributed by atoms with Crippen molar-refractivity contribution < 1.29 is 14.7 Å². The molecule has 0 aromatic heterocycles. The van der Waals surface area contributed by atoms with Gasteiger partial charge in [-0.2, -0.15) is 0 Å². The molecule has 0 unspecified atom stereocenters. The van der Waals surface area contributed by atoms with E-state index in [0.29, 0.717) is 6.42 Å². The number of carboxylic acid groups (broad SMARTS) is 1. The largest absolute Gasteiger partial charge is 0.481 e. The molecule has 1 aliphatic carbocycles. The van der Waals surface area contributed by atoms with Gasteiger partial charge in [0.2, 0.25) is 0 Å². The Bertz CT molecular complexity index is 198. The molecule has 3 heteroatoms. The highest BCUT2D eigenvalue weighted by molar-refractivity contribution is 5.83. The lowest BCUT2D eigenvalue weighted by Gasteiger charge is -2.11. The Morgan fingerprint density at radius 3 is 2.36 bits per heavy atom. The molecule has 3 nitrogen and oxygen atoms in total. The lowest BCUT2D eigenvalue weighted by molar-refractivity contribution is -0.140. The molecule has 0 aromatic carbocycles. The van der Waals surface area contributed by atoms with Crippen LogP contribution in [0, 0.1) is 17.3 Å². The number of aliphatic carboxylic acids is 1. The summed E-state index contributed by atoms with van der Waals surface area (Å²) in [5, 5.41) is 8.61. The molecule has 0 saturated heterocycles. The molecule has 62 valence electrons. The zero-order valence-electron chi connectivity index (χ0n) is 6.70. The van der Waals surface area contributed by atoms with Crippen LogP contribution in [0.5, 0.6) is 0 Å². The standard InChI is InChI=1S/C8H12O3/c1-5(2)8(4-9)3-6(8)7(10)11/h4-6H,3H2,1-2H3,(H,10,11)/t6-,8+/m0/s1. The van der Waals surface area contributed by atoms with Gasteiger partial charge in [-0.05, 0) is 12.3 Å². The fraction of sp³-hybridized carbons (Fsp3) is 0.750. The summed E-state index contributed by atoms with van der Waals surface area (Å²) < 4.78 is 0. The molecule has 0 spiro atoms. The van der Waals surface area contributed by atoms with Gasteiger partial charge >= 0.3 is 5.97 Å². The Hall–Kier alpha value is -0.860. The number of hydrogen-bond acceptors (Lipinski definition) is 2. The van der Waals surface area contributed by atoms with Crippen molar-refractivity contribution in [1.82, 2.24) is 0 Å². The van der Waals surface area contributed by atoms with Crippen molar-refractivity contribution in [2.75, 3.05) is 0 Å². The molecule has 0 bridgehead atoms. The van der Waals surface area contributed by atoms with Crippen molar-refractivity contribution in [3.63, 3.8) is 0 Å². The molecule has 0 heterocycles. The van der Waals surface area contributed by atoms with E-state index < -0.39 is 17.3 Å². The van der Waals surface area contributed by atoms with Crippen LogP contribution in [0.15, 0.2) is 0 Å². The predicted molar refractivity (Wildman–Crippen MR) is 39.1 cm³/mol. The second-order valence-corrected chi connectivity index (χ2v) is 3.48. The third-order valence-electron chi connectivity index (χ3n) is 2.64. The molecule has 0 amide bonds. The number of aldehydes is 1. The Morgan fingerprint density at radius 1 is 1.73 bits per heavy atom. The van der Waals surface area contributed by atoms with E-state index in [0.717, 1.165) is 6.29 Å². The van der Waals surface area contributed by atoms with E-state index in [4.69, 9.17) is 5.11 Å². The van der Waals surface area contributed by atoms with Crippen LogP contribution in [0.2, 0.25) is 0 Å². The van der Waals surface area contributed by atoms with Crippen LogP contribution in [-0.4, -0.2) is 17.4 Å². The molecule has 0 radical (unpaired) electrons. The van der Waals surface area contributed by atoms with E-state index in [-0.39, 0.29) is 5.92 Å². The summed E-state index contributed by atoms with van der Waals surface area (Å²) in [5.41, 5.74) is -0.550. The maximum absolute atomic E-state index is 10.6. The first-order valence-corrected chi connectivity index (χ1v) is 3.73. The smallest absolute Gasteiger partial charge is 0.307 e. The lowest BCUT2D eigenvalue weighted by Crippen LogP contribution is -2.18. The molecule has 1 N–H and O–H groups in total. The van der Waals surface area contributed by atoms with Gasteiger partial charge in [-0.15, -0.1) is 0 Å². The summed E-state index contributed by atoms with van der Waals surface area (Å²) in [5.74, 6) is -1.13. The minimum absolute atomic E-state index is 0.140. The van der Waals surface area contributed by atoms with Crippen LogP contribution in [-0.2, 0) is 9.59 Å². The molecular weight excluding hydrogens is 144 g/mol. The van der Waals surface area contributed by atoms with Crippen molar-refractivity contribution in [2.45, 2.75) is 20.3 Å². The Labute approximate surface area is 65.4 Å². The Balaban J connectivity index is 2.71.